The summed E-state index contributed by atoms with van der Waals surface area (Å²) in [4.78, 5) is 23.4. The summed E-state index contributed by atoms with van der Waals surface area (Å²) < 4.78 is 17.6. The zero-order valence-corrected chi connectivity index (χ0v) is 18.2. The van der Waals surface area contributed by atoms with E-state index >= 15 is 0 Å². The van der Waals surface area contributed by atoms with Gasteiger partial charge in [-0.3, -0.25) is 0 Å². The highest BCUT2D eigenvalue weighted by Crippen LogP contribution is 2.51. The molecule has 1 heterocycles. The summed E-state index contributed by atoms with van der Waals surface area (Å²) in [5, 5.41) is 12.5. The predicted molar refractivity (Wildman–Crippen MR) is 108 cm³/mol. The van der Waals surface area contributed by atoms with Gasteiger partial charge >= 0.3 is 12.1 Å². The van der Waals surface area contributed by atoms with Crippen molar-refractivity contribution in [2.75, 3.05) is 0 Å². The molecule has 0 spiro atoms. The van der Waals surface area contributed by atoms with Crippen molar-refractivity contribution in [3.8, 4) is 11.5 Å². The lowest BCUT2D eigenvalue weighted by molar-refractivity contribution is -0.121. The number of carbonyl (C=O) groups is 2. The van der Waals surface area contributed by atoms with Crippen LogP contribution in [0.4, 0.5) is 4.79 Å². The molecular weight excluding hydrogens is 398 g/mol. The minimum atomic E-state index is -1.06. The zero-order chi connectivity index (χ0) is 21.6. The van der Waals surface area contributed by atoms with Crippen molar-refractivity contribution in [2.45, 2.75) is 77.7 Å². The van der Waals surface area contributed by atoms with Crippen LogP contribution in [0.2, 0.25) is 5.02 Å². The first-order chi connectivity index (χ1) is 13.4. The second-order valence-corrected chi connectivity index (χ2v) is 9.32. The monoisotopic (exact) mass is 425 g/mol. The average molecular weight is 426 g/mol. The Balaban J connectivity index is 1.66. The van der Waals surface area contributed by atoms with Crippen molar-refractivity contribution in [3.05, 3.63) is 22.2 Å². The van der Waals surface area contributed by atoms with Crippen molar-refractivity contribution in [1.82, 2.24) is 5.32 Å². The zero-order valence-electron chi connectivity index (χ0n) is 17.4. The van der Waals surface area contributed by atoms with E-state index in [-0.39, 0.29) is 22.5 Å². The Kier molecular flexibility index (Phi) is 5.64. The number of alkyl carbamates (subject to hydrolysis) is 1. The van der Waals surface area contributed by atoms with E-state index in [4.69, 9.17) is 25.8 Å². The second-order valence-electron chi connectivity index (χ2n) is 8.91. The third kappa shape index (κ3) is 4.55. The van der Waals surface area contributed by atoms with Gasteiger partial charge < -0.3 is 24.6 Å². The summed E-state index contributed by atoms with van der Waals surface area (Å²) in [6, 6.07) is 1.44. The van der Waals surface area contributed by atoms with E-state index in [1.807, 2.05) is 27.7 Å². The standard InChI is InChI=1S/C21H28ClNO6/c1-11-14(18(24)25)10-15(22)17-16(11)27-21(5,28-17)12-6-8-13(9-7-12)23-19(26)29-20(2,3)4/h10,12-13H,6-9H2,1-5H3,(H,23,26)(H,24,25). The number of ether oxygens (including phenoxy) is 3. The molecule has 2 aliphatic rings. The summed E-state index contributed by atoms with van der Waals surface area (Å²) in [7, 11) is 0. The van der Waals surface area contributed by atoms with Gasteiger partial charge in [0, 0.05) is 24.4 Å². The fourth-order valence-corrected chi connectivity index (χ4v) is 4.20. The number of carboxylic acids is 1. The maximum absolute atomic E-state index is 12.0. The number of carbonyl (C=O) groups excluding carboxylic acids is 1. The van der Waals surface area contributed by atoms with Gasteiger partial charge in [-0.2, -0.15) is 0 Å². The maximum Gasteiger partial charge on any atom is 0.407 e. The highest BCUT2D eigenvalue weighted by atomic mass is 35.5. The number of fused-ring (bicyclic) bond motifs is 1. The molecule has 1 fully saturated rings. The molecule has 1 saturated carbocycles. The van der Waals surface area contributed by atoms with E-state index in [1.54, 1.807) is 6.92 Å². The van der Waals surface area contributed by atoms with Crippen LogP contribution in [0.5, 0.6) is 11.5 Å². The number of carboxylic acid groups (broad SMARTS) is 1. The van der Waals surface area contributed by atoms with Crippen LogP contribution in [-0.4, -0.2) is 34.6 Å². The lowest BCUT2D eigenvalue weighted by Crippen LogP contribution is -2.48. The lowest BCUT2D eigenvalue weighted by atomic mass is 9.81. The van der Waals surface area contributed by atoms with E-state index in [1.165, 1.54) is 6.07 Å². The maximum atomic E-state index is 12.0. The van der Waals surface area contributed by atoms with Crippen LogP contribution in [-0.2, 0) is 4.74 Å². The molecule has 0 aromatic heterocycles. The highest BCUT2D eigenvalue weighted by Gasteiger charge is 2.47. The van der Waals surface area contributed by atoms with E-state index in [2.05, 4.69) is 5.32 Å². The molecule has 0 radical (unpaired) electrons. The van der Waals surface area contributed by atoms with Crippen molar-refractivity contribution >= 4 is 23.7 Å². The summed E-state index contributed by atoms with van der Waals surface area (Å²) in [5.41, 5.74) is 0.0747. The van der Waals surface area contributed by atoms with Crippen molar-refractivity contribution in [1.29, 1.82) is 0 Å². The number of nitrogens with one attached hydrogen (secondary N) is 1. The van der Waals surface area contributed by atoms with Crippen molar-refractivity contribution < 1.29 is 28.9 Å². The second kappa shape index (κ2) is 7.59. The molecule has 1 atom stereocenters. The number of halogens is 1. The van der Waals surface area contributed by atoms with Crippen LogP contribution in [0.15, 0.2) is 6.07 Å². The summed E-state index contributed by atoms with van der Waals surface area (Å²) in [6.45, 7) is 9.05. The molecule has 1 aliphatic heterocycles. The first-order valence-electron chi connectivity index (χ1n) is 9.83. The van der Waals surface area contributed by atoms with Gasteiger partial charge in [0.25, 0.3) is 5.79 Å². The van der Waals surface area contributed by atoms with Gasteiger partial charge in [-0.1, -0.05) is 11.6 Å². The Morgan fingerprint density at radius 1 is 1.21 bits per heavy atom. The topological polar surface area (TPSA) is 94.1 Å². The first-order valence-corrected chi connectivity index (χ1v) is 10.2. The summed E-state index contributed by atoms with van der Waals surface area (Å²) in [5.74, 6) is -1.12. The predicted octanol–water partition coefficient (Wildman–Crippen LogP) is 4.92. The molecule has 29 heavy (non-hydrogen) atoms. The van der Waals surface area contributed by atoms with Gasteiger partial charge in [0.15, 0.2) is 11.5 Å². The Bertz CT molecular complexity index is 825. The van der Waals surface area contributed by atoms with Gasteiger partial charge in [0.05, 0.1) is 10.6 Å². The number of rotatable bonds is 3. The largest absolute Gasteiger partial charge is 0.478 e. The van der Waals surface area contributed by atoms with Crippen LogP contribution in [0.1, 0.15) is 69.3 Å². The molecule has 1 amide bonds. The molecule has 1 unspecified atom stereocenters. The molecule has 7 nitrogen and oxygen atoms in total. The SMILES string of the molecule is Cc1c(C(=O)O)cc(Cl)c2c1OC(C)(C1CCC(NC(=O)OC(C)(C)C)CC1)O2. The van der Waals surface area contributed by atoms with Gasteiger partial charge in [-0.25, -0.2) is 9.59 Å². The quantitative estimate of drug-likeness (QED) is 0.713. The van der Waals surface area contributed by atoms with Crippen LogP contribution in [0.3, 0.4) is 0 Å². The first kappa shape index (κ1) is 21.6. The molecule has 160 valence electrons. The number of amides is 1. The molecule has 1 aromatic carbocycles. The molecular formula is C21H28ClNO6. The minimum absolute atomic E-state index is 0.0393. The van der Waals surface area contributed by atoms with E-state index < -0.39 is 23.5 Å². The molecule has 0 bridgehead atoms. The van der Waals surface area contributed by atoms with Crippen LogP contribution >= 0.6 is 11.6 Å². The Labute approximate surface area is 175 Å². The number of benzene rings is 1. The third-order valence-electron chi connectivity index (χ3n) is 5.47. The van der Waals surface area contributed by atoms with E-state index in [0.29, 0.717) is 17.1 Å². The van der Waals surface area contributed by atoms with Gasteiger partial charge in [0.1, 0.15) is 5.60 Å². The molecule has 0 saturated heterocycles. The highest BCUT2D eigenvalue weighted by molar-refractivity contribution is 6.32. The Morgan fingerprint density at radius 3 is 2.34 bits per heavy atom. The fraction of sp³-hybridized carbons (Fsp3) is 0.619. The molecule has 2 N–H and O–H groups in total. The fourth-order valence-electron chi connectivity index (χ4n) is 3.97. The van der Waals surface area contributed by atoms with Gasteiger partial charge in [-0.05, 0) is 59.4 Å². The number of hydrogen-bond donors (Lipinski definition) is 2. The van der Waals surface area contributed by atoms with Gasteiger partial charge in [-0.15, -0.1) is 0 Å². The van der Waals surface area contributed by atoms with Gasteiger partial charge in [0.2, 0.25) is 0 Å². The molecule has 3 rings (SSSR count). The van der Waals surface area contributed by atoms with Crippen LogP contribution in [0, 0.1) is 12.8 Å². The molecule has 1 aliphatic carbocycles. The summed E-state index contributed by atoms with van der Waals surface area (Å²) >= 11 is 6.26. The normalized spacial score (nSPS) is 26.1. The Hall–Kier alpha value is -2.15. The van der Waals surface area contributed by atoms with Crippen LogP contribution in [0.25, 0.3) is 0 Å². The number of hydrogen-bond acceptors (Lipinski definition) is 5. The lowest BCUT2D eigenvalue weighted by Gasteiger charge is -2.37. The number of aromatic carboxylic acids is 1. The van der Waals surface area contributed by atoms with Crippen molar-refractivity contribution in [3.63, 3.8) is 0 Å². The van der Waals surface area contributed by atoms with E-state index in [9.17, 15) is 14.7 Å². The summed E-state index contributed by atoms with van der Waals surface area (Å²) in [6.07, 6.45) is 2.71. The van der Waals surface area contributed by atoms with Crippen LogP contribution < -0.4 is 14.8 Å². The third-order valence-corrected chi connectivity index (χ3v) is 5.75. The Morgan fingerprint density at radius 2 is 1.79 bits per heavy atom. The minimum Gasteiger partial charge on any atom is -0.478 e. The van der Waals surface area contributed by atoms with Crippen molar-refractivity contribution in [2.24, 2.45) is 5.92 Å². The average Bonchev–Trinajstić information content (AvgIpc) is 2.96. The molecule has 1 aromatic rings. The van der Waals surface area contributed by atoms with E-state index in [0.717, 1.165) is 25.7 Å². The smallest absolute Gasteiger partial charge is 0.407 e. The molecule has 8 heteroatoms.